The van der Waals surface area contributed by atoms with Crippen molar-refractivity contribution < 1.29 is 50.2 Å². The minimum Gasteiger partial charge on any atom is -0.496 e. The van der Waals surface area contributed by atoms with E-state index in [2.05, 4.69) is 15.0 Å². The van der Waals surface area contributed by atoms with Crippen LogP contribution in [0.15, 0.2) is 28.4 Å². The number of ketones is 1. The van der Waals surface area contributed by atoms with E-state index in [1.165, 1.54) is 5.32 Å². The summed E-state index contributed by atoms with van der Waals surface area (Å²) in [5.74, 6) is -4.62. The van der Waals surface area contributed by atoms with Crippen LogP contribution in [0.4, 0.5) is 26.3 Å². The molecule has 0 saturated heterocycles. The van der Waals surface area contributed by atoms with Crippen molar-refractivity contribution in [2.24, 2.45) is 10.2 Å². The van der Waals surface area contributed by atoms with Crippen molar-refractivity contribution in [3.63, 3.8) is 0 Å². The average molecular weight is 455 g/mol. The van der Waals surface area contributed by atoms with Crippen LogP contribution >= 0.6 is 0 Å². The highest BCUT2D eigenvalue weighted by Crippen LogP contribution is 2.53. The maximum Gasteiger partial charge on any atom is 0.471 e. The molecule has 0 aliphatic carbocycles. The number of alkyl halides is 6. The van der Waals surface area contributed by atoms with Crippen LogP contribution in [0.5, 0.6) is 5.75 Å². The number of benzene rings is 1. The molecule has 0 radical (unpaired) electrons. The molecular weight excluding hydrogens is 440 g/mol. The minimum absolute atomic E-state index is 0.185. The van der Waals surface area contributed by atoms with Gasteiger partial charge in [-0.3, -0.25) is 9.59 Å². The Morgan fingerprint density at radius 2 is 1.71 bits per heavy atom. The number of esters is 1. The van der Waals surface area contributed by atoms with Crippen LogP contribution < -0.4 is 10.1 Å². The van der Waals surface area contributed by atoms with Crippen molar-refractivity contribution in [2.75, 3.05) is 14.2 Å². The molecule has 0 unspecified atom stereocenters. The molecule has 1 N–H and O–H groups in total. The van der Waals surface area contributed by atoms with Crippen LogP contribution in [0.1, 0.15) is 28.8 Å². The zero-order valence-electron chi connectivity index (χ0n) is 15.9. The van der Waals surface area contributed by atoms with Crippen molar-refractivity contribution in [2.45, 2.75) is 36.9 Å². The molecule has 0 bridgehead atoms. The van der Waals surface area contributed by atoms with Crippen LogP contribution in [-0.2, 0) is 20.0 Å². The second kappa shape index (κ2) is 8.51. The Hall–Kier alpha value is -3.19. The molecule has 1 atom stereocenters. The molecule has 1 heterocycles. The van der Waals surface area contributed by atoms with E-state index in [0.29, 0.717) is 0 Å². The number of halogens is 6. The normalized spacial score (nSPS) is 15.7. The lowest BCUT2D eigenvalue weighted by Gasteiger charge is -2.18. The molecule has 170 valence electrons. The van der Waals surface area contributed by atoms with Gasteiger partial charge in [0.25, 0.3) is 0 Å². The van der Waals surface area contributed by atoms with E-state index in [9.17, 15) is 40.7 Å². The summed E-state index contributed by atoms with van der Waals surface area (Å²) in [6.45, 7) is 0. The molecule has 0 spiro atoms. The second-order valence-corrected chi connectivity index (χ2v) is 6.29. The van der Waals surface area contributed by atoms with Gasteiger partial charge >= 0.3 is 29.9 Å². The third-order valence-corrected chi connectivity index (χ3v) is 4.31. The lowest BCUT2D eigenvalue weighted by atomic mass is 9.97. The summed E-state index contributed by atoms with van der Waals surface area (Å²) in [6, 6.07) is 1.14. The maximum absolute atomic E-state index is 13.1. The van der Waals surface area contributed by atoms with Crippen LogP contribution in [0.25, 0.3) is 0 Å². The molecule has 31 heavy (non-hydrogen) atoms. The number of carbonyl (C=O) groups is 3. The Morgan fingerprint density at radius 3 is 2.16 bits per heavy atom. The molecule has 0 saturated carbocycles. The van der Waals surface area contributed by atoms with Crippen LogP contribution in [0, 0.1) is 0 Å². The van der Waals surface area contributed by atoms with Gasteiger partial charge in [0.05, 0.1) is 19.8 Å². The third kappa shape index (κ3) is 5.11. The van der Waals surface area contributed by atoms with Gasteiger partial charge in [-0.1, -0.05) is 6.07 Å². The van der Waals surface area contributed by atoms with Crippen molar-refractivity contribution in [1.29, 1.82) is 0 Å². The standard InChI is InChI=1S/C17H15F6N3O5/c1-30-12-7-8(15(25-26-15)17(21,22)23)3-4-9(12)11(27)6-5-10(13(28)31-2)24-14(29)16(18,19)20/h3-4,7,10H,5-6H2,1-2H3,(H,24,29)/t10-/m0/s1. The third-order valence-electron chi connectivity index (χ3n) is 4.31. The Balaban J connectivity index is 2.17. The largest absolute Gasteiger partial charge is 0.496 e. The first kappa shape index (κ1) is 24.1. The molecule has 8 nitrogen and oxygen atoms in total. The quantitative estimate of drug-likeness (QED) is 0.369. The monoisotopic (exact) mass is 455 g/mol. The van der Waals surface area contributed by atoms with E-state index in [4.69, 9.17) is 4.74 Å². The first-order valence-electron chi connectivity index (χ1n) is 8.45. The Morgan fingerprint density at radius 1 is 1.10 bits per heavy atom. The van der Waals surface area contributed by atoms with Gasteiger partial charge in [0.15, 0.2) is 5.78 Å². The summed E-state index contributed by atoms with van der Waals surface area (Å²) in [6.07, 6.45) is -11.2. The highest BCUT2D eigenvalue weighted by atomic mass is 19.4. The van der Waals surface area contributed by atoms with Gasteiger partial charge in [-0.25, -0.2) is 4.79 Å². The second-order valence-electron chi connectivity index (χ2n) is 6.29. The molecule has 0 aromatic heterocycles. The van der Waals surface area contributed by atoms with E-state index in [1.54, 1.807) is 0 Å². The lowest BCUT2D eigenvalue weighted by molar-refractivity contribution is -0.175. The summed E-state index contributed by atoms with van der Waals surface area (Å²) >= 11 is 0. The van der Waals surface area contributed by atoms with E-state index in [-0.39, 0.29) is 11.3 Å². The van der Waals surface area contributed by atoms with E-state index >= 15 is 0 Å². The molecule has 14 heteroatoms. The zero-order chi connectivity index (χ0) is 23.6. The summed E-state index contributed by atoms with van der Waals surface area (Å²) in [5.41, 5.74) is -3.31. The smallest absolute Gasteiger partial charge is 0.471 e. The van der Waals surface area contributed by atoms with Gasteiger partial charge in [-0.2, -0.15) is 26.3 Å². The highest BCUT2D eigenvalue weighted by molar-refractivity contribution is 5.99. The number of ether oxygens (including phenoxy) is 2. The molecule has 1 aromatic carbocycles. The van der Waals surface area contributed by atoms with Crippen LogP contribution in [-0.4, -0.2) is 50.3 Å². The fourth-order valence-electron chi connectivity index (χ4n) is 2.62. The number of amides is 1. The Kier molecular flexibility index (Phi) is 6.61. The first-order chi connectivity index (χ1) is 14.3. The molecular formula is C17H15F6N3O5. The number of methoxy groups -OCH3 is 2. The predicted molar refractivity (Wildman–Crippen MR) is 89.1 cm³/mol. The summed E-state index contributed by atoms with van der Waals surface area (Å²) < 4.78 is 85.9. The lowest BCUT2D eigenvalue weighted by Crippen LogP contribution is -2.47. The van der Waals surface area contributed by atoms with Gasteiger partial charge in [0, 0.05) is 12.0 Å². The van der Waals surface area contributed by atoms with Gasteiger partial charge in [0.2, 0.25) is 0 Å². The fourth-order valence-corrected chi connectivity index (χ4v) is 2.62. The number of rotatable bonds is 8. The molecule has 1 aromatic rings. The van der Waals surface area contributed by atoms with Crippen molar-refractivity contribution >= 4 is 17.7 Å². The van der Waals surface area contributed by atoms with Gasteiger partial charge in [0.1, 0.15) is 11.8 Å². The zero-order valence-corrected chi connectivity index (χ0v) is 15.9. The first-order valence-corrected chi connectivity index (χ1v) is 8.45. The van der Waals surface area contributed by atoms with Gasteiger partial charge in [-0.05, 0) is 18.6 Å². The number of nitrogens with one attached hydrogen (secondary N) is 1. The van der Waals surface area contributed by atoms with E-state index < -0.39 is 60.1 Å². The Bertz CT molecular complexity index is 906. The number of hydrogen-bond acceptors (Lipinski definition) is 7. The minimum atomic E-state index is -5.26. The molecule has 1 amide bonds. The van der Waals surface area contributed by atoms with Crippen LogP contribution in [0.3, 0.4) is 0 Å². The number of carbonyl (C=O) groups excluding carboxylic acids is 3. The topological polar surface area (TPSA) is 106 Å². The Labute approximate surface area is 170 Å². The number of hydrogen-bond donors (Lipinski definition) is 1. The van der Waals surface area contributed by atoms with Gasteiger partial charge in [-0.15, -0.1) is 10.2 Å². The molecule has 2 rings (SSSR count). The molecule has 1 aliphatic rings. The molecule has 0 fully saturated rings. The predicted octanol–water partition coefficient (Wildman–Crippen LogP) is 3.06. The molecule has 1 aliphatic heterocycles. The maximum atomic E-state index is 13.1. The summed E-state index contributed by atoms with van der Waals surface area (Å²) in [5, 5.41) is 7.50. The average Bonchev–Trinajstić information content (AvgIpc) is 3.50. The van der Waals surface area contributed by atoms with Crippen LogP contribution in [0.2, 0.25) is 0 Å². The van der Waals surface area contributed by atoms with Crippen molar-refractivity contribution in [3.05, 3.63) is 29.3 Å². The van der Waals surface area contributed by atoms with Crippen molar-refractivity contribution in [3.8, 4) is 5.75 Å². The SMILES string of the molecule is COC(=O)[C@H](CCC(=O)c1ccc(C2(C(F)(F)F)N=N2)cc1OC)NC(=O)C(F)(F)F. The fraction of sp³-hybridized carbons (Fsp3) is 0.471. The van der Waals surface area contributed by atoms with E-state index in [0.717, 1.165) is 32.4 Å². The highest BCUT2D eigenvalue weighted by Gasteiger charge is 2.65. The van der Waals surface area contributed by atoms with E-state index in [1.807, 2.05) is 0 Å². The van der Waals surface area contributed by atoms with Gasteiger partial charge < -0.3 is 14.8 Å². The summed E-state index contributed by atoms with van der Waals surface area (Å²) in [7, 11) is 1.97. The van der Waals surface area contributed by atoms with Crippen molar-refractivity contribution in [1.82, 2.24) is 5.32 Å². The summed E-state index contributed by atoms with van der Waals surface area (Å²) in [4.78, 5) is 35.2. The number of Topliss-reactive ketones (excluding diaryl/α,β-unsaturated/α-hetero) is 1. The number of nitrogens with zero attached hydrogens (tertiary/aromatic N) is 2.